The zero-order valence-electron chi connectivity index (χ0n) is 11.3. The number of nitrogens with zero attached hydrogens (tertiary/aromatic N) is 2. The van der Waals surface area contributed by atoms with Crippen LogP contribution >= 0.6 is 0 Å². The van der Waals surface area contributed by atoms with E-state index in [0.29, 0.717) is 11.4 Å². The molecular formula is C15H19N3O. The van der Waals surface area contributed by atoms with E-state index in [0.717, 1.165) is 24.3 Å². The second kappa shape index (κ2) is 6.09. The van der Waals surface area contributed by atoms with Crippen molar-refractivity contribution in [1.29, 1.82) is 0 Å². The van der Waals surface area contributed by atoms with Gasteiger partial charge in [-0.1, -0.05) is 6.07 Å². The Bertz CT molecular complexity index is 528. The van der Waals surface area contributed by atoms with E-state index >= 15 is 0 Å². The molecule has 2 aromatic rings. The first-order chi connectivity index (χ1) is 9.20. The van der Waals surface area contributed by atoms with E-state index in [-0.39, 0.29) is 0 Å². The average molecular weight is 257 g/mol. The Balaban J connectivity index is 2.02. The van der Waals surface area contributed by atoms with E-state index in [2.05, 4.69) is 9.88 Å². The van der Waals surface area contributed by atoms with Gasteiger partial charge in [0, 0.05) is 43.7 Å². The predicted molar refractivity (Wildman–Crippen MR) is 78.6 cm³/mol. The van der Waals surface area contributed by atoms with E-state index in [4.69, 9.17) is 10.5 Å². The van der Waals surface area contributed by atoms with Gasteiger partial charge in [0.1, 0.15) is 5.75 Å². The van der Waals surface area contributed by atoms with Crippen molar-refractivity contribution in [2.45, 2.75) is 6.42 Å². The van der Waals surface area contributed by atoms with Crippen LogP contribution in [-0.4, -0.2) is 25.7 Å². The Morgan fingerprint density at radius 2 is 2.11 bits per heavy atom. The molecule has 2 rings (SSSR count). The van der Waals surface area contributed by atoms with Gasteiger partial charge in [-0.25, -0.2) is 0 Å². The molecule has 0 bridgehead atoms. The molecule has 0 atom stereocenters. The molecule has 0 saturated carbocycles. The fourth-order valence-electron chi connectivity index (χ4n) is 1.89. The van der Waals surface area contributed by atoms with Crippen molar-refractivity contribution in [1.82, 2.24) is 4.98 Å². The van der Waals surface area contributed by atoms with Gasteiger partial charge < -0.3 is 15.4 Å². The minimum absolute atomic E-state index is 0.657. The highest BCUT2D eigenvalue weighted by molar-refractivity contribution is 5.62. The fraction of sp³-hybridized carbons (Fsp3) is 0.267. The summed E-state index contributed by atoms with van der Waals surface area (Å²) in [6.07, 6.45) is 2.73. The maximum Gasteiger partial charge on any atom is 0.143 e. The summed E-state index contributed by atoms with van der Waals surface area (Å²) in [6, 6.07) is 11.8. The maximum atomic E-state index is 5.81. The minimum atomic E-state index is 0.657. The van der Waals surface area contributed by atoms with Crippen molar-refractivity contribution in [3.05, 3.63) is 48.3 Å². The number of hydrogen-bond donors (Lipinski definition) is 1. The summed E-state index contributed by atoms with van der Waals surface area (Å²) in [5.74, 6) is 0.710. The molecule has 0 fully saturated rings. The third-order valence-electron chi connectivity index (χ3n) is 3.09. The van der Waals surface area contributed by atoms with E-state index in [1.807, 2.05) is 49.6 Å². The van der Waals surface area contributed by atoms with Gasteiger partial charge in [0.15, 0.2) is 0 Å². The lowest BCUT2D eigenvalue weighted by Crippen LogP contribution is -2.20. The monoisotopic (exact) mass is 257 g/mol. The molecule has 1 aromatic carbocycles. The summed E-state index contributed by atoms with van der Waals surface area (Å²) < 4.78 is 5.23. The molecule has 0 amide bonds. The van der Waals surface area contributed by atoms with Crippen LogP contribution in [0, 0.1) is 0 Å². The normalized spacial score (nSPS) is 10.2. The molecule has 0 unspecified atom stereocenters. The zero-order valence-corrected chi connectivity index (χ0v) is 11.3. The number of rotatable bonds is 5. The van der Waals surface area contributed by atoms with Gasteiger partial charge in [0.2, 0.25) is 0 Å². The standard InChI is InChI=1S/C15H19N3O/c1-18(10-8-12-5-3-4-9-17-12)13-6-7-14(16)15(11-13)19-2/h3-7,9,11H,8,10,16H2,1-2H3. The van der Waals surface area contributed by atoms with Gasteiger partial charge in [0.05, 0.1) is 12.8 Å². The number of ether oxygens (including phenoxy) is 1. The molecule has 4 heteroatoms. The van der Waals surface area contributed by atoms with E-state index < -0.39 is 0 Å². The van der Waals surface area contributed by atoms with Crippen LogP contribution in [-0.2, 0) is 6.42 Å². The van der Waals surface area contributed by atoms with Gasteiger partial charge in [0.25, 0.3) is 0 Å². The van der Waals surface area contributed by atoms with Crippen molar-refractivity contribution in [2.75, 3.05) is 31.3 Å². The summed E-state index contributed by atoms with van der Waals surface area (Å²) in [4.78, 5) is 6.48. The number of nitrogens with two attached hydrogens (primary N) is 1. The number of hydrogen-bond acceptors (Lipinski definition) is 4. The Labute approximate surface area is 113 Å². The van der Waals surface area contributed by atoms with Crippen LogP contribution in [0.15, 0.2) is 42.6 Å². The first-order valence-electron chi connectivity index (χ1n) is 6.25. The summed E-state index contributed by atoms with van der Waals surface area (Å²) in [7, 11) is 3.68. The van der Waals surface area contributed by atoms with Crippen LogP contribution in [0.3, 0.4) is 0 Å². The number of anilines is 2. The largest absolute Gasteiger partial charge is 0.495 e. The fourth-order valence-corrected chi connectivity index (χ4v) is 1.89. The smallest absolute Gasteiger partial charge is 0.143 e. The van der Waals surface area contributed by atoms with E-state index in [1.54, 1.807) is 7.11 Å². The highest BCUT2D eigenvalue weighted by Crippen LogP contribution is 2.26. The number of likely N-dealkylation sites (N-methyl/N-ethyl adjacent to an activating group) is 1. The molecule has 0 aliphatic heterocycles. The van der Waals surface area contributed by atoms with Gasteiger partial charge in [-0.2, -0.15) is 0 Å². The molecule has 4 nitrogen and oxygen atoms in total. The van der Waals surface area contributed by atoms with Gasteiger partial charge in [-0.15, -0.1) is 0 Å². The minimum Gasteiger partial charge on any atom is -0.495 e. The topological polar surface area (TPSA) is 51.4 Å². The third-order valence-corrected chi connectivity index (χ3v) is 3.09. The lowest BCUT2D eigenvalue weighted by molar-refractivity contribution is 0.417. The molecule has 19 heavy (non-hydrogen) atoms. The second-order valence-electron chi connectivity index (χ2n) is 4.42. The molecule has 0 aliphatic rings. The highest BCUT2D eigenvalue weighted by Gasteiger charge is 2.05. The van der Waals surface area contributed by atoms with Crippen LogP contribution in [0.1, 0.15) is 5.69 Å². The van der Waals surface area contributed by atoms with Crippen molar-refractivity contribution < 1.29 is 4.74 Å². The first kappa shape index (κ1) is 13.2. The summed E-state index contributed by atoms with van der Waals surface area (Å²) >= 11 is 0. The van der Waals surface area contributed by atoms with Gasteiger partial charge in [-0.3, -0.25) is 4.98 Å². The molecule has 0 aliphatic carbocycles. The maximum absolute atomic E-state index is 5.81. The van der Waals surface area contributed by atoms with Crippen LogP contribution in [0.25, 0.3) is 0 Å². The molecular weight excluding hydrogens is 238 g/mol. The molecule has 1 heterocycles. The SMILES string of the molecule is COc1cc(N(C)CCc2ccccn2)ccc1N. The number of pyridine rings is 1. The predicted octanol–water partition coefficient (Wildman–Crippen LogP) is 2.35. The van der Waals surface area contributed by atoms with Crippen LogP contribution < -0.4 is 15.4 Å². The quantitative estimate of drug-likeness (QED) is 0.835. The van der Waals surface area contributed by atoms with Crippen molar-refractivity contribution in [3.63, 3.8) is 0 Å². The number of nitrogen functional groups attached to an aromatic ring is 1. The number of benzene rings is 1. The molecule has 0 radical (unpaired) electrons. The van der Waals surface area contributed by atoms with Crippen LogP contribution in [0.2, 0.25) is 0 Å². The van der Waals surface area contributed by atoms with Gasteiger partial charge >= 0.3 is 0 Å². The lowest BCUT2D eigenvalue weighted by atomic mass is 10.2. The second-order valence-corrected chi connectivity index (χ2v) is 4.42. The average Bonchev–Trinajstić information content (AvgIpc) is 2.46. The molecule has 1 aromatic heterocycles. The highest BCUT2D eigenvalue weighted by atomic mass is 16.5. The van der Waals surface area contributed by atoms with Crippen molar-refractivity contribution in [2.24, 2.45) is 0 Å². The molecule has 2 N–H and O–H groups in total. The summed E-state index contributed by atoms with van der Waals surface area (Å²) in [5, 5.41) is 0. The van der Waals surface area contributed by atoms with Crippen molar-refractivity contribution >= 4 is 11.4 Å². The molecule has 100 valence electrons. The van der Waals surface area contributed by atoms with E-state index in [9.17, 15) is 0 Å². The Morgan fingerprint density at radius 3 is 2.79 bits per heavy atom. The van der Waals surface area contributed by atoms with Crippen LogP contribution in [0.4, 0.5) is 11.4 Å². The molecule has 0 spiro atoms. The van der Waals surface area contributed by atoms with Crippen LogP contribution in [0.5, 0.6) is 5.75 Å². The number of aromatic nitrogens is 1. The van der Waals surface area contributed by atoms with Crippen molar-refractivity contribution in [3.8, 4) is 5.75 Å². The lowest BCUT2D eigenvalue weighted by Gasteiger charge is -2.20. The zero-order chi connectivity index (χ0) is 13.7. The Morgan fingerprint density at radius 1 is 1.26 bits per heavy atom. The Hall–Kier alpha value is -2.23. The summed E-state index contributed by atoms with van der Waals surface area (Å²) in [5.41, 5.74) is 8.65. The Kier molecular flexibility index (Phi) is 4.23. The first-order valence-corrected chi connectivity index (χ1v) is 6.25. The third kappa shape index (κ3) is 3.37. The number of methoxy groups -OCH3 is 1. The summed E-state index contributed by atoms with van der Waals surface area (Å²) in [6.45, 7) is 0.893. The van der Waals surface area contributed by atoms with Gasteiger partial charge in [-0.05, 0) is 24.3 Å². The van der Waals surface area contributed by atoms with E-state index in [1.165, 1.54) is 0 Å². The molecule has 0 saturated heterocycles.